The number of phenolic OH excluding ortho intramolecular Hbond substituents is 1. The molecule has 4 aromatic rings. The topological polar surface area (TPSA) is 101 Å². The van der Waals surface area contributed by atoms with Gasteiger partial charge in [-0.1, -0.05) is 12.1 Å². The highest BCUT2D eigenvalue weighted by atomic mass is 16.4. The first-order valence-electron chi connectivity index (χ1n) is 11.3. The Morgan fingerprint density at radius 3 is 2.62 bits per heavy atom. The fourth-order valence-corrected chi connectivity index (χ4v) is 4.27. The average molecular weight is 459 g/mol. The molecule has 1 amide bonds. The van der Waals surface area contributed by atoms with Crippen LogP contribution in [0.1, 0.15) is 29.1 Å². The number of hydrogen-bond acceptors (Lipinski definition) is 7. The molecule has 0 radical (unpaired) electrons. The molecule has 0 aliphatic carbocycles. The number of phenols is 1. The molecule has 0 atom stereocenters. The number of piperidine rings is 1. The van der Waals surface area contributed by atoms with E-state index < -0.39 is 0 Å². The molecule has 1 fully saturated rings. The Hall–Kier alpha value is -3.98. The SMILES string of the molecule is Cc1nnc(-c2cccc(-n3ccc(N(C(=O)c4cccc(O)c4)C4CCN(C)CC4)n3)c2)o1. The highest BCUT2D eigenvalue weighted by molar-refractivity contribution is 6.06. The van der Waals surface area contributed by atoms with Crippen LogP contribution < -0.4 is 4.90 Å². The maximum atomic E-state index is 13.6. The maximum absolute atomic E-state index is 13.6. The Balaban J connectivity index is 1.48. The van der Waals surface area contributed by atoms with Gasteiger partial charge in [-0.3, -0.25) is 9.69 Å². The van der Waals surface area contributed by atoms with Crippen molar-refractivity contribution < 1.29 is 14.3 Å². The lowest BCUT2D eigenvalue weighted by molar-refractivity contribution is 0.0962. The van der Waals surface area contributed by atoms with E-state index in [1.54, 1.807) is 34.7 Å². The molecule has 0 spiro atoms. The summed E-state index contributed by atoms with van der Waals surface area (Å²) >= 11 is 0. The van der Waals surface area contributed by atoms with Crippen molar-refractivity contribution in [3.63, 3.8) is 0 Å². The van der Waals surface area contributed by atoms with Gasteiger partial charge < -0.3 is 14.4 Å². The van der Waals surface area contributed by atoms with Crippen molar-refractivity contribution in [1.29, 1.82) is 0 Å². The predicted octanol–water partition coefficient (Wildman–Crippen LogP) is 3.68. The standard InChI is InChI=1S/C25H26N6O3/c1-17-26-27-24(34-17)18-5-3-7-21(15-18)30-14-11-23(28-30)31(20-9-12-29(2)13-10-20)25(33)19-6-4-8-22(32)16-19/h3-8,11,14-16,20,32H,9-10,12-13H2,1-2H3. The van der Waals surface area contributed by atoms with Crippen molar-refractivity contribution in [2.45, 2.75) is 25.8 Å². The van der Waals surface area contributed by atoms with Crippen LogP contribution >= 0.6 is 0 Å². The molecule has 34 heavy (non-hydrogen) atoms. The van der Waals surface area contributed by atoms with Gasteiger partial charge in [0, 0.05) is 36.4 Å². The van der Waals surface area contributed by atoms with Crippen molar-refractivity contribution in [2.75, 3.05) is 25.0 Å². The first-order valence-corrected chi connectivity index (χ1v) is 11.3. The molecule has 1 aliphatic rings. The summed E-state index contributed by atoms with van der Waals surface area (Å²) in [5.74, 6) is 1.40. The van der Waals surface area contributed by atoms with Gasteiger partial charge in [-0.25, -0.2) is 4.68 Å². The highest BCUT2D eigenvalue weighted by Gasteiger charge is 2.30. The van der Waals surface area contributed by atoms with Gasteiger partial charge in [0.15, 0.2) is 5.82 Å². The number of hydrogen-bond donors (Lipinski definition) is 1. The van der Waals surface area contributed by atoms with Crippen LogP contribution in [-0.4, -0.2) is 62.1 Å². The number of benzene rings is 2. The Morgan fingerprint density at radius 1 is 1.09 bits per heavy atom. The second-order valence-corrected chi connectivity index (χ2v) is 8.56. The van der Waals surface area contributed by atoms with Crippen LogP contribution in [0.5, 0.6) is 5.75 Å². The number of carbonyl (C=O) groups is 1. The van der Waals surface area contributed by atoms with Crippen molar-refractivity contribution >= 4 is 11.7 Å². The lowest BCUT2D eigenvalue weighted by Crippen LogP contribution is -2.47. The van der Waals surface area contributed by atoms with E-state index in [4.69, 9.17) is 9.52 Å². The van der Waals surface area contributed by atoms with E-state index in [0.717, 1.165) is 37.2 Å². The Morgan fingerprint density at radius 2 is 1.88 bits per heavy atom. The number of aryl methyl sites for hydroxylation is 1. The Labute approximate surface area is 197 Å². The van der Waals surface area contributed by atoms with E-state index in [0.29, 0.717) is 23.2 Å². The van der Waals surface area contributed by atoms with Crippen LogP contribution in [0.3, 0.4) is 0 Å². The number of carbonyl (C=O) groups excluding carboxylic acids is 1. The molecule has 174 valence electrons. The number of nitrogens with zero attached hydrogens (tertiary/aromatic N) is 6. The molecule has 1 saturated heterocycles. The minimum absolute atomic E-state index is 0.0158. The summed E-state index contributed by atoms with van der Waals surface area (Å²) < 4.78 is 7.29. The van der Waals surface area contributed by atoms with Gasteiger partial charge in [0.2, 0.25) is 11.8 Å². The van der Waals surface area contributed by atoms with Crippen LogP contribution in [0.2, 0.25) is 0 Å². The summed E-state index contributed by atoms with van der Waals surface area (Å²) in [6.07, 6.45) is 3.53. The lowest BCUT2D eigenvalue weighted by atomic mass is 10.0. The van der Waals surface area contributed by atoms with Crippen molar-refractivity contribution in [3.8, 4) is 22.9 Å². The van der Waals surface area contributed by atoms with Crippen LogP contribution in [0.25, 0.3) is 17.1 Å². The summed E-state index contributed by atoms with van der Waals surface area (Å²) in [4.78, 5) is 17.6. The third-order valence-corrected chi connectivity index (χ3v) is 6.07. The zero-order chi connectivity index (χ0) is 23.7. The van der Waals surface area contributed by atoms with Gasteiger partial charge in [-0.05, 0) is 69.4 Å². The first kappa shape index (κ1) is 21.8. The number of aromatic nitrogens is 4. The van der Waals surface area contributed by atoms with Crippen molar-refractivity contribution in [1.82, 2.24) is 24.9 Å². The largest absolute Gasteiger partial charge is 0.508 e. The molecule has 0 unspecified atom stereocenters. The quantitative estimate of drug-likeness (QED) is 0.487. The summed E-state index contributed by atoms with van der Waals surface area (Å²) in [6.45, 7) is 3.56. The van der Waals surface area contributed by atoms with Gasteiger partial charge >= 0.3 is 0 Å². The summed E-state index contributed by atoms with van der Waals surface area (Å²) in [5.41, 5.74) is 2.04. The van der Waals surface area contributed by atoms with Gasteiger partial charge in [0.1, 0.15) is 5.75 Å². The number of likely N-dealkylation sites (tertiary alicyclic amines) is 1. The van der Waals surface area contributed by atoms with E-state index in [-0.39, 0.29) is 17.7 Å². The first-order chi connectivity index (χ1) is 16.5. The van der Waals surface area contributed by atoms with Gasteiger partial charge in [-0.15, -0.1) is 15.3 Å². The van der Waals surface area contributed by atoms with Crippen LogP contribution in [-0.2, 0) is 0 Å². The van der Waals surface area contributed by atoms with Gasteiger partial charge in [0.25, 0.3) is 5.91 Å². The molecule has 5 rings (SSSR count). The fraction of sp³-hybridized carbons (Fsp3) is 0.280. The van der Waals surface area contributed by atoms with Gasteiger partial charge in [-0.2, -0.15) is 0 Å². The molecule has 0 bridgehead atoms. The molecule has 2 aromatic heterocycles. The fourth-order valence-electron chi connectivity index (χ4n) is 4.27. The lowest BCUT2D eigenvalue weighted by Gasteiger charge is -2.36. The predicted molar refractivity (Wildman–Crippen MR) is 127 cm³/mol. The molecular weight excluding hydrogens is 432 g/mol. The molecule has 0 saturated carbocycles. The third-order valence-electron chi connectivity index (χ3n) is 6.07. The minimum atomic E-state index is -0.175. The van der Waals surface area contributed by atoms with E-state index >= 15 is 0 Å². The number of anilines is 1. The smallest absolute Gasteiger partial charge is 0.259 e. The Kier molecular flexibility index (Phi) is 5.85. The molecular formula is C25H26N6O3. The van der Waals surface area contributed by atoms with Crippen molar-refractivity contribution in [2.24, 2.45) is 0 Å². The minimum Gasteiger partial charge on any atom is -0.508 e. The Bertz CT molecular complexity index is 1310. The van der Waals surface area contributed by atoms with E-state index in [2.05, 4.69) is 22.1 Å². The van der Waals surface area contributed by atoms with Gasteiger partial charge in [0.05, 0.1) is 5.69 Å². The normalized spacial score (nSPS) is 14.9. The highest BCUT2D eigenvalue weighted by Crippen LogP contribution is 2.27. The summed E-state index contributed by atoms with van der Waals surface area (Å²) in [5, 5.41) is 22.7. The summed E-state index contributed by atoms with van der Waals surface area (Å²) in [7, 11) is 2.09. The van der Waals surface area contributed by atoms with E-state index in [9.17, 15) is 9.90 Å². The molecule has 2 aromatic carbocycles. The van der Waals surface area contributed by atoms with Crippen LogP contribution in [0.4, 0.5) is 5.82 Å². The van der Waals surface area contributed by atoms with E-state index in [1.807, 2.05) is 36.5 Å². The second kappa shape index (κ2) is 9.11. The number of aromatic hydroxyl groups is 1. The van der Waals surface area contributed by atoms with Crippen molar-refractivity contribution in [3.05, 3.63) is 72.2 Å². The maximum Gasteiger partial charge on any atom is 0.259 e. The summed E-state index contributed by atoms with van der Waals surface area (Å²) in [6, 6.07) is 16.0. The zero-order valence-corrected chi connectivity index (χ0v) is 19.1. The molecule has 1 N–H and O–H groups in total. The number of rotatable bonds is 5. The molecule has 9 heteroatoms. The van der Waals surface area contributed by atoms with Crippen LogP contribution in [0.15, 0.2) is 65.2 Å². The molecule has 3 heterocycles. The number of amides is 1. The average Bonchev–Trinajstić information content (AvgIpc) is 3.50. The van der Waals surface area contributed by atoms with Crippen LogP contribution in [0, 0.1) is 6.92 Å². The monoisotopic (exact) mass is 458 g/mol. The molecule has 9 nitrogen and oxygen atoms in total. The zero-order valence-electron chi connectivity index (χ0n) is 19.1. The van der Waals surface area contributed by atoms with E-state index in [1.165, 1.54) is 6.07 Å². The second-order valence-electron chi connectivity index (χ2n) is 8.56. The molecule has 1 aliphatic heterocycles. The third kappa shape index (κ3) is 4.42.